The maximum absolute atomic E-state index is 14.2. The van der Waals surface area contributed by atoms with Gasteiger partial charge in [0.2, 0.25) is 23.6 Å². The first-order valence-electron chi connectivity index (χ1n) is 13.3. The van der Waals surface area contributed by atoms with Gasteiger partial charge in [-0.2, -0.15) is 0 Å². The summed E-state index contributed by atoms with van der Waals surface area (Å²) in [5.41, 5.74) is 1.85. The summed E-state index contributed by atoms with van der Waals surface area (Å²) in [6, 6.07) is 14.3. The lowest BCUT2D eigenvalue weighted by Crippen LogP contribution is -2.61. The van der Waals surface area contributed by atoms with Crippen LogP contribution in [-0.4, -0.2) is 36.2 Å². The van der Waals surface area contributed by atoms with Crippen molar-refractivity contribution < 1.29 is 28.7 Å². The third kappa shape index (κ3) is 3.03. The normalized spacial score (nSPS) is 31.3. The van der Waals surface area contributed by atoms with Crippen LogP contribution in [0.1, 0.15) is 31.9 Å². The van der Waals surface area contributed by atoms with Crippen molar-refractivity contribution in [3.05, 3.63) is 70.8 Å². The summed E-state index contributed by atoms with van der Waals surface area (Å²) in [5.74, 6) is -6.77. The minimum absolute atomic E-state index is 0.114. The number of hydrogen-bond donors (Lipinski definition) is 0. The molecule has 3 fully saturated rings. The average molecular weight is 527 g/mol. The fourth-order valence-electron chi connectivity index (χ4n) is 7.91. The van der Waals surface area contributed by atoms with Crippen molar-refractivity contribution in [3.63, 3.8) is 0 Å². The molecule has 200 valence electrons. The number of allylic oxidation sites excluding steroid dienone is 1. The van der Waals surface area contributed by atoms with Gasteiger partial charge in [0.25, 0.3) is 0 Å². The molecule has 0 radical (unpaired) electrons. The highest BCUT2D eigenvalue weighted by Crippen LogP contribution is 2.69. The molecule has 1 saturated carbocycles. The number of esters is 1. The monoisotopic (exact) mass is 526 g/mol. The third-order valence-corrected chi connectivity index (χ3v) is 9.39. The van der Waals surface area contributed by atoms with E-state index in [1.807, 2.05) is 38.1 Å². The molecule has 8 nitrogen and oxygen atoms in total. The molecule has 2 heterocycles. The van der Waals surface area contributed by atoms with Crippen LogP contribution in [0.25, 0.3) is 0 Å². The van der Waals surface area contributed by atoms with Crippen molar-refractivity contribution in [2.45, 2.75) is 34.6 Å². The van der Waals surface area contributed by atoms with E-state index in [4.69, 9.17) is 4.74 Å². The Balaban J connectivity index is 1.57. The molecule has 5 aliphatic rings. The first kappa shape index (κ1) is 25.2. The number of hydrogen-bond acceptors (Lipinski definition) is 6. The lowest BCUT2D eigenvalue weighted by molar-refractivity contribution is -0.155. The minimum atomic E-state index is -1.41. The van der Waals surface area contributed by atoms with E-state index >= 15 is 0 Å². The molecule has 0 N–H and O–H groups in total. The lowest BCUT2D eigenvalue weighted by atomic mass is 9.43. The summed E-state index contributed by atoms with van der Waals surface area (Å²) in [6.45, 7) is 8.89. The summed E-state index contributed by atoms with van der Waals surface area (Å²) < 4.78 is 5.44. The molecule has 39 heavy (non-hydrogen) atoms. The molecule has 8 heteroatoms. The first-order valence-corrected chi connectivity index (χ1v) is 13.3. The van der Waals surface area contributed by atoms with Gasteiger partial charge in [0.1, 0.15) is 0 Å². The highest BCUT2D eigenvalue weighted by molar-refractivity contribution is 6.28. The zero-order chi connectivity index (χ0) is 28.0. The Morgan fingerprint density at radius 1 is 0.744 bits per heavy atom. The van der Waals surface area contributed by atoms with Crippen LogP contribution in [0.4, 0.5) is 11.4 Å². The second kappa shape index (κ2) is 8.46. The van der Waals surface area contributed by atoms with E-state index in [0.717, 1.165) is 11.1 Å². The number of rotatable bonds is 4. The molecule has 2 aromatic carbocycles. The number of imide groups is 2. The van der Waals surface area contributed by atoms with E-state index in [-0.39, 0.29) is 12.2 Å². The highest BCUT2D eigenvalue weighted by atomic mass is 16.5. The second-order valence-corrected chi connectivity index (χ2v) is 11.2. The number of carbonyl (C=O) groups is 5. The van der Waals surface area contributed by atoms with Crippen molar-refractivity contribution in [2.24, 2.45) is 35.0 Å². The number of amides is 4. The third-order valence-electron chi connectivity index (χ3n) is 9.39. The molecule has 2 unspecified atom stereocenters. The van der Waals surface area contributed by atoms with Crippen LogP contribution in [0.3, 0.4) is 0 Å². The van der Waals surface area contributed by atoms with Gasteiger partial charge in [-0.15, -0.1) is 0 Å². The molecule has 2 saturated heterocycles. The molecule has 7 rings (SSSR count). The lowest BCUT2D eigenvalue weighted by Gasteiger charge is -2.55. The van der Waals surface area contributed by atoms with Crippen molar-refractivity contribution >= 4 is 41.0 Å². The summed E-state index contributed by atoms with van der Waals surface area (Å²) in [5, 5.41) is 0. The van der Waals surface area contributed by atoms with Crippen molar-refractivity contribution in [2.75, 3.05) is 16.4 Å². The van der Waals surface area contributed by atoms with E-state index in [2.05, 4.69) is 0 Å². The van der Waals surface area contributed by atoms with Crippen LogP contribution in [0.2, 0.25) is 0 Å². The fraction of sp³-hybridized carbons (Fsp3) is 0.387. The molecule has 6 atom stereocenters. The molecule has 4 amide bonds. The Hall–Kier alpha value is -4.07. The molecule has 0 spiro atoms. The standard InChI is InChI=1S/C31H30N2O6/c1-6-39-30(38)23-17(4)20-21-24(28(36)32(26(21)34)18-13-9-7-11-15(18)2)31(23,5)25-22(20)27(35)33(29(25)37)19-14-10-8-12-16(19)3/h7-14,20-22,24-25H,6H2,1-5H3/t20?,21-,22+,24-,25-,31?/m0/s1. The van der Waals surface area contributed by atoms with Crippen LogP contribution in [0, 0.1) is 48.9 Å². The summed E-state index contributed by atoms with van der Waals surface area (Å²) >= 11 is 0. The quantitative estimate of drug-likeness (QED) is 0.444. The fourth-order valence-corrected chi connectivity index (χ4v) is 7.91. The highest BCUT2D eigenvalue weighted by Gasteiger charge is 2.77. The first-order chi connectivity index (χ1) is 18.6. The smallest absolute Gasteiger partial charge is 0.334 e. The van der Waals surface area contributed by atoms with E-state index in [9.17, 15) is 24.0 Å². The number of aryl methyl sites for hydroxylation is 2. The Morgan fingerprint density at radius 2 is 1.18 bits per heavy atom. The van der Waals surface area contributed by atoms with Gasteiger partial charge in [0.05, 0.1) is 41.7 Å². The Bertz CT molecular complexity index is 1430. The van der Waals surface area contributed by atoms with Crippen LogP contribution in [-0.2, 0) is 28.7 Å². The zero-order valence-corrected chi connectivity index (χ0v) is 22.6. The number of para-hydroxylation sites is 2. The maximum atomic E-state index is 14.2. The van der Waals surface area contributed by atoms with Gasteiger partial charge >= 0.3 is 5.97 Å². The van der Waals surface area contributed by atoms with Gasteiger partial charge in [-0.3, -0.25) is 19.2 Å². The van der Waals surface area contributed by atoms with Crippen LogP contribution in [0.15, 0.2) is 59.7 Å². The Kier molecular flexibility index (Phi) is 5.47. The van der Waals surface area contributed by atoms with Crippen molar-refractivity contribution in [1.82, 2.24) is 0 Å². The molecular weight excluding hydrogens is 496 g/mol. The zero-order valence-electron chi connectivity index (χ0n) is 22.6. The van der Waals surface area contributed by atoms with Crippen molar-refractivity contribution in [1.29, 1.82) is 0 Å². The topological polar surface area (TPSA) is 101 Å². The summed E-state index contributed by atoms with van der Waals surface area (Å²) in [4.78, 5) is 72.6. The Morgan fingerprint density at radius 3 is 1.59 bits per heavy atom. The van der Waals surface area contributed by atoms with Gasteiger partial charge in [0, 0.05) is 16.9 Å². The predicted molar refractivity (Wildman–Crippen MR) is 142 cm³/mol. The van der Waals surface area contributed by atoms with Gasteiger partial charge in [0.15, 0.2) is 0 Å². The van der Waals surface area contributed by atoms with Gasteiger partial charge in [-0.05, 0) is 51.0 Å². The van der Waals surface area contributed by atoms with E-state index in [1.165, 1.54) is 9.80 Å². The average Bonchev–Trinajstić information content (AvgIpc) is 3.31. The van der Waals surface area contributed by atoms with E-state index in [1.54, 1.807) is 45.0 Å². The minimum Gasteiger partial charge on any atom is -0.463 e. The largest absolute Gasteiger partial charge is 0.463 e. The second-order valence-electron chi connectivity index (χ2n) is 11.2. The van der Waals surface area contributed by atoms with Crippen LogP contribution >= 0.6 is 0 Å². The van der Waals surface area contributed by atoms with Crippen molar-refractivity contribution in [3.8, 4) is 0 Å². The van der Waals surface area contributed by atoms with E-state index < -0.39 is 64.6 Å². The van der Waals surface area contributed by atoms with Gasteiger partial charge in [-0.25, -0.2) is 14.6 Å². The van der Waals surface area contributed by atoms with Gasteiger partial charge < -0.3 is 4.74 Å². The molecule has 3 aliphatic carbocycles. The molecule has 2 bridgehead atoms. The number of ether oxygens (including phenoxy) is 1. The SMILES string of the molecule is CCOC(=O)C1=C(C)C2[C@H]3C(=O)N(c4ccccc4C)C(=O)[C@H]3C1(C)[C@@H]1C(=O)N(c3ccccc3C)C(=O)[C@@H]21. The molecular formula is C31H30N2O6. The van der Waals surface area contributed by atoms with Crippen LogP contribution < -0.4 is 9.80 Å². The Labute approximate surface area is 226 Å². The predicted octanol–water partition coefficient (Wildman–Crippen LogP) is 3.74. The number of anilines is 2. The number of carbonyl (C=O) groups excluding carboxylic acids is 5. The number of nitrogens with zero attached hydrogens (tertiary/aromatic N) is 2. The van der Waals surface area contributed by atoms with E-state index in [0.29, 0.717) is 16.9 Å². The van der Waals surface area contributed by atoms with Gasteiger partial charge in [-0.1, -0.05) is 48.9 Å². The molecule has 2 aliphatic heterocycles. The summed E-state index contributed by atoms with van der Waals surface area (Å²) in [7, 11) is 0. The molecule has 0 aromatic heterocycles. The summed E-state index contributed by atoms with van der Waals surface area (Å²) in [6.07, 6.45) is 0. The maximum Gasteiger partial charge on any atom is 0.334 e. The number of benzene rings is 2. The molecule has 2 aromatic rings. The van der Waals surface area contributed by atoms with Crippen LogP contribution in [0.5, 0.6) is 0 Å².